The van der Waals surface area contributed by atoms with Gasteiger partial charge < -0.3 is 10.2 Å². The summed E-state index contributed by atoms with van der Waals surface area (Å²) in [5, 5.41) is 3.37. The van der Waals surface area contributed by atoms with Gasteiger partial charge in [0.1, 0.15) is 0 Å². The molecule has 3 nitrogen and oxygen atoms in total. The first-order valence-corrected chi connectivity index (χ1v) is 8.34. The molecule has 2 atom stereocenters. The van der Waals surface area contributed by atoms with E-state index < -0.39 is 0 Å². The Bertz CT molecular complexity index is 658. The number of anilines is 2. The lowest BCUT2D eigenvalue weighted by Gasteiger charge is -2.35. The largest absolute Gasteiger partial charge is 0.355 e. The zero-order chi connectivity index (χ0) is 16.2. The van der Waals surface area contributed by atoms with Gasteiger partial charge in [-0.2, -0.15) is 0 Å². The number of carbonyl (C=O) groups excluding carboxylic acids is 1. The highest BCUT2D eigenvalue weighted by Gasteiger charge is 2.27. The summed E-state index contributed by atoms with van der Waals surface area (Å²) in [6.45, 7) is 6.15. The standard InChI is InChI=1S/C20H24N2O/c1-15-12-16(2)14-22(13-15)20(23)18-10-6-7-11-19(18)21-17-8-4-3-5-9-17/h3-11,15-16,21H,12-14H2,1-2H3. The van der Waals surface area contributed by atoms with Gasteiger partial charge in [0.25, 0.3) is 5.91 Å². The van der Waals surface area contributed by atoms with Gasteiger partial charge >= 0.3 is 0 Å². The topological polar surface area (TPSA) is 32.3 Å². The summed E-state index contributed by atoms with van der Waals surface area (Å²) in [5.41, 5.74) is 2.61. The highest BCUT2D eigenvalue weighted by atomic mass is 16.2. The van der Waals surface area contributed by atoms with Crippen LogP contribution in [0, 0.1) is 11.8 Å². The Hall–Kier alpha value is -2.29. The predicted molar refractivity (Wildman–Crippen MR) is 95.0 cm³/mol. The van der Waals surface area contributed by atoms with Gasteiger partial charge in [0.15, 0.2) is 0 Å². The van der Waals surface area contributed by atoms with Crippen molar-refractivity contribution in [3.8, 4) is 0 Å². The molecule has 2 aromatic carbocycles. The predicted octanol–water partition coefficient (Wildman–Crippen LogP) is 4.55. The van der Waals surface area contributed by atoms with Crippen LogP contribution in [-0.2, 0) is 0 Å². The summed E-state index contributed by atoms with van der Waals surface area (Å²) in [6.07, 6.45) is 1.20. The fourth-order valence-corrected chi connectivity index (χ4v) is 3.45. The van der Waals surface area contributed by atoms with E-state index in [1.807, 2.05) is 59.5 Å². The molecule has 1 N–H and O–H groups in total. The molecule has 1 aliphatic heterocycles. The number of benzene rings is 2. The van der Waals surface area contributed by atoms with Crippen LogP contribution in [0.25, 0.3) is 0 Å². The van der Waals surface area contributed by atoms with Gasteiger partial charge in [0, 0.05) is 18.8 Å². The van der Waals surface area contributed by atoms with Crippen LogP contribution >= 0.6 is 0 Å². The number of likely N-dealkylation sites (tertiary alicyclic amines) is 1. The highest BCUT2D eigenvalue weighted by Crippen LogP contribution is 2.26. The summed E-state index contributed by atoms with van der Waals surface area (Å²) >= 11 is 0. The Kier molecular flexibility index (Phi) is 4.65. The number of nitrogens with zero attached hydrogens (tertiary/aromatic N) is 1. The van der Waals surface area contributed by atoms with Crippen LogP contribution < -0.4 is 5.32 Å². The molecule has 0 saturated carbocycles. The molecule has 0 spiro atoms. The number of para-hydroxylation sites is 2. The molecule has 120 valence electrons. The first-order valence-electron chi connectivity index (χ1n) is 8.34. The Morgan fingerprint density at radius 2 is 1.57 bits per heavy atom. The second-order valence-corrected chi connectivity index (χ2v) is 6.69. The van der Waals surface area contributed by atoms with E-state index >= 15 is 0 Å². The van der Waals surface area contributed by atoms with Gasteiger partial charge in [0.2, 0.25) is 0 Å². The Morgan fingerprint density at radius 1 is 0.957 bits per heavy atom. The van der Waals surface area contributed by atoms with E-state index in [9.17, 15) is 4.79 Å². The summed E-state index contributed by atoms with van der Waals surface area (Å²) in [6, 6.07) is 17.7. The van der Waals surface area contributed by atoms with Crippen molar-refractivity contribution in [2.24, 2.45) is 11.8 Å². The van der Waals surface area contributed by atoms with E-state index in [2.05, 4.69) is 19.2 Å². The van der Waals surface area contributed by atoms with Crippen LogP contribution in [0.15, 0.2) is 54.6 Å². The van der Waals surface area contributed by atoms with Crippen molar-refractivity contribution in [1.82, 2.24) is 4.90 Å². The summed E-state index contributed by atoms with van der Waals surface area (Å²) < 4.78 is 0. The summed E-state index contributed by atoms with van der Waals surface area (Å²) in [5.74, 6) is 1.26. The number of carbonyl (C=O) groups is 1. The number of nitrogens with one attached hydrogen (secondary N) is 1. The second kappa shape index (κ2) is 6.86. The molecule has 0 aromatic heterocycles. The van der Waals surface area contributed by atoms with Crippen LogP contribution in [0.2, 0.25) is 0 Å². The first kappa shape index (κ1) is 15.6. The molecule has 2 unspecified atom stereocenters. The van der Waals surface area contributed by atoms with Crippen LogP contribution in [-0.4, -0.2) is 23.9 Å². The third-order valence-corrected chi connectivity index (χ3v) is 4.37. The van der Waals surface area contributed by atoms with Crippen molar-refractivity contribution in [3.63, 3.8) is 0 Å². The summed E-state index contributed by atoms with van der Waals surface area (Å²) in [7, 11) is 0. The maximum atomic E-state index is 13.0. The molecular formula is C20H24N2O. The minimum absolute atomic E-state index is 0.127. The van der Waals surface area contributed by atoms with Gasteiger partial charge in [0.05, 0.1) is 11.3 Å². The minimum Gasteiger partial charge on any atom is -0.355 e. The van der Waals surface area contributed by atoms with E-state index in [1.54, 1.807) is 0 Å². The zero-order valence-corrected chi connectivity index (χ0v) is 13.8. The average Bonchev–Trinajstić information content (AvgIpc) is 2.55. The summed E-state index contributed by atoms with van der Waals surface area (Å²) in [4.78, 5) is 15.0. The van der Waals surface area contributed by atoms with Crippen LogP contribution in [0.4, 0.5) is 11.4 Å². The third kappa shape index (κ3) is 3.73. The molecule has 2 aromatic rings. The van der Waals surface area contributed by atoms with Crippen LogP contribution in [0.3, 0.4) is 0 Å². The lowest BCUT2D eigenvalue weighted by Crippen LogP contribution is -2.42. The SMILES string of the molecule is CC1CC(C)CN(C(=O)c2ccccc2Nc2ccccc2)C1. The van der Waals surface area contributed by atoms with Crippen LogP contribution in [0.5, 0.6) is 0 Å². The van der Waals surface area contributed by atoms with Crippen molar-refractivity contribution in [2.45, 2.75) is 20.3 Å². The lowest BCUT2D eigenvalue weighted by atomic mass is 9.91. The smallest absolute Gasteiger partial charge is 0.255 e. The van der Waals surface area contributed by atoms with Gasteiger partial charge in [-0.25, -0.2) is 0 Å². The van der Waals surface area contributed by atoms with E-state index in [-0.39, 0.29) is 5.91 Å². The molecule has 0 radical (unpaired) electrons. The number of hydrogen-bond donors (Lipinski definition) is 1. The van der Waals surface area contributed by atoms with Crippen molar-refractivity contribution >= 4 is 17.3 Å². The molecule has 1 aliphatic rings. The molecule has 1 amide bonds. The molecule has 1 saturated heterocycles. The third-order valence-electron chi connectivity index (χ3n) is 4.37. The zero-order valence-electron chi connectivity index (χ0n) is 13.8. The monoisotopic (exact) mass is 308 g/mol. The number of hydrogen-bond acceptors (Lipinski definition) is 2. The molecular weight excluding hydrogens is 284 g/mol. The van der Waals surface area contributed by atoms with E-state index in [0.29, 0.717) is 11.8 Å². The molecule has 1 fully saturated rings. The number of piperidine rings is 1. The van der Waals surface area contributed by atoms with E-state index in [0.717, 1.165) is 30.0 Å². The average molecular weight is 308 g/mol. The second-order valence-electron chi connectivity index (χ2n) is 6.69. The highest BCUT2D eigenvalue weighted by molar-refractivity contribution is 6.00. The Morgan fingerprint density at radius 3 is 2.26 bits per heavy atom. The molecule has 1 heterocycles. The van der Waals surface area contributed by atoms with Gasteiger partial charge in [-0.3, -0.25) is 4.79 Å². The minimum atomic E-state index is 0.127. The van der Waals surface area contributed by atoms with Gasteiger partial charge in [-0.1, -0.05) is 44.2 Å². The Balaban J connectivity index is 1.83. The quantitative estimate of drug-likeness (QED) is 0.902. The maximum Gasteiger partial charge on any atom is 0.255 e. The molecule has 23 heavy (non-hydrogen) atoms. The van der Waals surface area contributed by atoms with Crippen LogP contribution in [0.1, 0.15) is 30.6 Å². The van der Waals surface area contributed by atoms with Gasteiger partial charge in [-0.15, -0.1) is 0 Å². The van der Waals surface area contributed by atoms with Crippen molar-refractivity contribution in [1.29, 1.82) is 0 Å². The normalized spacial score (nSPS) is 21.0. The Labute approximate surface area is 138 Å². The fourth-order valence-electron chi connectivity index (χ4n) is 3.45. The fraction of sp³-hybridized carbons (Fsp3) is 0.350. The lowest BCUT2D eigenvalue weighted by molar-refractivity contribution is 0.0624. The van der Waals surface area contributed by atoms with E-state index in [4.69, 9.17) is 0 Å². The number of rotatable bonds is 3. The molecule has 3 rings (SSSR count). The molecule has 0 bridgehead atoms. The van der Waals surface area contributed by atoms with Crippen molar-refractivity contribution < 1.29 is 4.79 Å². The van der Waals surface area contributed by atoms with E-state index in [1.165, 1.54) is 6.42 Å². The number of amides is 1. The first-order chi connectivity index (χ1) is 11.1. The van der Waals surface area contributed by atoms with Crippen molar-refractivity contribution in [2.75, 3.05) is 18.4 Å². The molecule has 0 aliphatic carbocycles. The van der Waals surface area contributed by atoms with Crippen molar-refractivity contribution in [3.05, 3.63) is 60.2 Å². The molecule has 3 heteroatoms. The maximum absolute atomic E-state index is 13.0. The van der Waals surface area contributed by atoms with Gasteiger partial charge in [-0.05, 0) is 42.5 Å².